The summed E-state index contributed by atoms with van der Waals surface area (Å²) in [7, 11) is -0.989. The van der Waals surface area contributed by atoms with E-state index in [4.69, 9.17) is 11.6 Å². The van der Waals surface area contributed by atoms with Gasteiger partial charge < -0.3 is 15.5 Å². The number of nitrogens with one attached hydrogen (secondary N) is 3. The van der Waals surface area contributed by atoms with Crippen LogP contribution >= 0.6 is 35.3 Å². The summed E-state index contributed by atoms with van der Waals surface area (Å²) < 4.78 is 81.8. The molecule has 3 aromatic rings. The molecule has 0 amide bonds. The van der Waals surface area contributed by atoms with Gasteiger partial charge in [-0.2, -0.15) is 13.2 Å². The standard InChI is InChI=1S/C20H20ClF4N5O2S2.ClH/c1-26-5-7-30(2)17-9-12(20(23,24)25)3-4-15(17)28-16-11-14(22)18(10-13(16)21)34(31,32)29-19-27-6-8-33-19;/h3-4,6,8-11,26,28H,5,7H2,1-2H3,(H,27,29);1H. The summed E-state index contributed by atoms with van der Waals surface area (Å²) in [6.45, 7) is 0.883. The molecule has 0 spiro atoms. The van der Waals surface area contributed by atoms with Crippen molar-refractivity contribution in [3.63, 3.8) is 0 Å². The summed E-state index contributed by atoms with van der Waals surface area (Å²) in [6, 6.07) is 4.85. The first-order valence-electron chi connectivity index (χ1n) is 9.67. The van der Waals surface area contributed by atoms with Gasteiger partial charge in [-0.25, -0.2) is 17.8 Å². The minimum atomic E-state index is -4.55. The minimum absolute atomic E-state index is 0. The minimum Gasteiger partial charge on any atom is -0.372 e. The molecule has 0 saturated heterocycles. The average molecular weight is 574 g/mol. The smallest absolute Gasteiger partial charge is 0.372 e. The SMILES string of the molecule is CNCCN(C)c1cc(C(F)(F)F)ccc1Nc1cc(F)c(S(=O)(=O)Nc2nccs2)cc1Cl.Cl. The summed E-state index contributed by atoms with van der Waals surface area (Å²) >= 11 is 7.23. The van der Waals surface area contributed by atoms with Crippen LogP contribution in [-0.2, 0) is 16.2 Å². The Morgan fingerprint density at radius 1 is 1.17 bits per heavy atom. The largest absolute Gasteiger partial charge is 0.416 e. The summed E-state index contributed by atoms with van der Waals surface area (Å²) in [5.41, 5.74) is -0.445. The molecule has 0 unspecified atom stereocenters. The van der Waals surface area contributed by atoms with Crippen LogP contribution in [0.4, 0.5) is 39.8 Å². The van der Waals surface area contributed by atoms with Crippen molar-refractivity contribution in [1.29, 1.82) is 0 Å². The van der Waals surface area contributed by atoms with E-state index in [1.165, 1.54) is 12.3 Å². The number of rotatable bonds is 9. The maximum atomic E-state index is 14.8. The molecule has 15 heteroatoms. The second-order valence-electron chi connectivity index (χ2n) is 7.09. The lowest BCUT2D eigenvalue weighted by Crippen LogP contribution is -2.28. The number of halogens is 6. The molecule has 0 saturated carbocycles. The lowest BCUT2D eigenvalue weighted by atomic mass is 10.1. The molecule has 3 rings (SSSR count). The van der Waals surface area contributed by atoms with Gasteiger partial charge >= 0.3 is 6.18 Å². The molecular weight excluding hydrogens is 553 g/mol. The zero-order chi connectivity index (χ0) is 25.1. The first-order chi connectivity index (χ1) is 15.9. The molecule has 0 aliphatic carbocycles. The van der Waals surface area contributed by atoms with Gasteiger partial charge in [0.25, 0.3) is 10.0 Å². The predicted octanol–water partition coefficient (Wildman–Crippen LogP) is 5.58. The van der Waals surface area contributed by atoms with Crippen LogP contribution in [0.3, 0.4) is 0 Å². The van der Waals surface area contributed by atoms with Crippen molar-refractivity contribution in [3.8, 4) is 0 Å². The molecule has 0 aliphatic rings. The van der Waals surface area contributed by atoms with E-state index in [2.05, 4.69) is 20.3 Å². The van der Waals surface area contributed by atoms with Crippen molar-refractivity contribution in [2.45, 2.75) is 11.1 Å². The highest BCUT2D eigenvalue weighted by Crippen LogP contribution is 2.38. The Bertz CT molecular complexity index is 1260. The number of anilines is 4. The lowest BCUT2D eigenvalue weighted by molar-refractivity contribution is -0.137. The van der Waals surface area contributed by atoms with Gasteiger partial charge in [-0.15, -0.1) is 23.7 Å². The fourth-order valence-corrected chi connectivity index (χ4v) is 5.10. The number of aromatic nitrogens is 1. The number of sulfonamides is 1. The molecule has 1 heterocycles. The Morgan fingerprint density at radius 3 is 2.49 bits per heavy atom. The highest BCUT2D eigenvalue weighted by Gasteiger charge is 2.31. The van der Waals surface area contributed by atoms with E-state index >= 15 is 0 Å². The molecular formula is C20H21Cl2F4N5O2S2. The van der Waals surface area contributed by atoms with Gasteiger partial charge in [-0.1, -0.05) is 11.6 Å². The Balaban J connectivity index is 0.00000432. The van der Waals surface area contributed by atoms with Crippen molar-refractivity contribution in [1.82, 2.24) is 10.3 Å². The monoisotopic (exact) mass is 573 g/mol. The number of hydrogen-bond donors (Lipinski definition) is 3. The maximum absolute atomic E-state index is 14.8. The van der Waals surface area contributed by atoms with E-state index in [0.717, 1.165) is 35.6 Å². The first-order valence-corrected chi connectivity index (χ1v) is 12.4. The molecule has 2 aromatic carbocycles. The Hall–Kier alpha value is -2.32. The fraction of sp³-hybridized carbons (Fsp3) is 0.250. The molecule has 1 aromatic heterocycles. The lowest BCUT2D eigenvalue weighted by Gasteiger charge is -2.24. The van der Waals surface area contributed by atoms with Crippen LogP contribution in [0, 0.1) is 5.82 Å². The van der Waals surface area contributed by atoms with Gasteiger partial charge in [0.2, 0.25) is 0 Å². The molecule has 192 valence electrons. The van der Waals surface area contributed by atoms with Crippen LogP contribution in [0.5, 0.6) is 0 Å². The maximum Gasteiger partial charge on any atom is 0.416 e. The van der Waals surface area contributed by atoms with E-state index in [1.54, 1.807) is 24.4 Å². The van der Waals surface area contributed by atoms with Gasteiger partial charge in [0, 0.05) is 37.8 Å². The number of benzene rings is 2. The van der Waals surface area contributed by atoms with Crippen LogP contribution in [0.15, 0.2) is 46.8 Å². The third-order valence-electron chi connectivity index (χ3n) is 4.67. The highest BCUT2D eigenvalue weighted by atomic mass is 35.5. The van der Waals surface area contributed by atoms with Gasteiger partial charge in [0.15, 0.2) is 5.13 Å². The van der Waals surface area contributed by atoms with Crippen molar-refractivity contribution in [3.05, 3.63) is 58.3 Å². The first kappa shape index (κ1) is 28.9. The van der Waals surface area contributed by atoms with Crippen molar-refractivity contribution >= 4 is 67.6 Å². The summed E-state index contributed by atoms with van der Waals surface area (Å²) in [4.78, 5) is 4.69. The van der Waals surface area contributed by atoms with Gasteiger partial charge in [0.1, 0.15) is 10.7 Å². The molecule has 7 nitrogen and oxygen atoms in total. The van der Waals surface area contributed by atoms with Crippen molar-refractivity contribution < 1.29 is 26.0 Å². The Kier molecular flexibility index (Phi) is 9.59. The molecule has 0 fully saturated rings. The third kappa shape index (κ3) is 7.10. The second-order valence-corrected chi connectivity index (χ2v) is 10.0. The number of hydrogen-bond acceptors (Lipinski definition) is 7. The third-order valence-corrected chi connectivity index (χ3v) is 7.15. The van der Waals surface area contributed by atoms with E-state index in [0.29, 0.717) is 13.1 Å². The Morgan fingerprint density at radius 2 is 1.89 bits per heavy atom. The van der Waals surface area contributed by atoms with Gasteiger partial charge in [-0.05, 0) is 31.3 Å². The quantitative estimate of drug-likeness (QED) is 0.290. The van der Waals surface area contributed by atoms with Crippen LogP contribution in [-0.4, -0.2) is 40.6 Å². The second kappa shape index (κ2) is 11.6. The van der Waals surface area contributed by atoms with E-state index in [9.17, 15) is 26.0 Å². The summed E-state index contributed by atoms with van der Waals surface area (Å²) in [5, 5.41) is 7.18. The van der Waals surface area contributed by atoms with E-state index in [1.807, 2.05) is 0 Å². The molecule has 35 heavy (non-hydrogen) atoms. The number of nitrogens with zero attached hydrogens (tertiary/aromatic N) is 2. The summed E-state index contributed by atoms with van der Waals surface area (Å²) in [6.07, 6.45) is -3.17. The normalized spacial score (nSPS) is 11.6. The van der Waals surface area contributed by atoms with Gasteiger partial charge in [0.05, 0.1) is 27.6 Å². The zero-order valence-electron chi connectivity index (χ0n) is 18.3. The average Bonchev–Trinajstić information content (AvgIpc) is 3.26. The van der Waals surface area contributed by atoms with E-state index < -0.39 is 32.5 Å². The molecule has 3 N–H and O–H groups in total. The van der Waals surface area contributed by atoms with Crippen LogP contribution < -0.4 is 20.3 Å². The number of alkyl halides is 3. The molecule has 0 radical (unpaired) electrons. The fourth-order valence-electron chi connectivity index (χ4n) is 2.95. The van der Waals surface area contributed by atoms with Crippen LogP contribution in [0.25, 0.3) is 0 Å². The molecule has 0 aliphatic heterocycles. The molecule has 0 bridgehead atoms. The zero-order valence-corrected chi connectivity index (χ0v) is 21.5. The topological polar surface area (TPSA) is 86.4 Å². The van der Waals surface area contributed by atoms with Crippen LogP contribution in [0.2, 0.25) is 5.02 Å². The number of thiazole rings is 1. The van der Waals surface area contributed by atoms with Crippen LogP contribution in [0.1, 0.15) is 5.56 Å². The van der Waals surface area contributed by atoms with E-state index in [-0.39, 0.29) is 39.6 Å². The Labute approximate surface area is 215 Å². The van der Waals surface area contributed by atoms with Gasteiger partial charge in [-0.3, -0.25) is 4.72 Å². The van der Waals surface area contributed by atoms with Crippen molar-refractivity contribution in [2.75, 3.05) is 42.1 Å². The number of likely N-dealkylation sites (N-methyl/N-ethyl adjacent to an activating group) is 2. The predicted molar refractivity (Wildman–Crippen MR) is 134 cm³/mol. The summed E-state index contributed by atoms with van der Waals surface area (Å²) in [5.74, 6) is -1.10. The van der Waals surface area contributed by atoms with Crippen molar-refractivity contribution in [2.24, 2.45) is 0 Å². The highest BCUT2D eigenvalue weighted by molar-refractivity contribution is 7.93. The molecule has 0 atom stereocenters.